The van der Waals surface area contributed by atoms with E-state index in [4.69, 9.17) is 11.6 Å². The number of hydrogen-bond acceptors (Lipinski definition) is 3. The number of nitrogens with one attached hydrogen (secondary N) is 1. The summed E-state index contributed by atoms with van der Waals surface area (Å²) < 4.78 is 39.8. The molecule has 3 rings (SSSR count). The van der Waals surface area contributed by atoms with Crippen LogP contribution in [-0.2, 0) is 11.0 Å². The fourth-order valence-corrected chi connectivity index (χ4v) is 3.67. The Kier molecular flexibility index (Phi) is 7.75. The van der Waals surface area contributed by atoms with Crippen LogP contribution >= 0.6 is 11.6 Å². The Morgan fingerprint density at radius 1 is 1.13 bits per heavy atom. The van der Waals surface area contributed by atoms with Crippen LogP contribution < -0.4 is 5.32 Å². The standard InChI is InChI=1S/C23H25ClF3N3O/c1-17(22(31)28-21-10-9-19(24)16-20(21)23(25,26)27)30-14-12-29(13-15-30)11-5-8-18-6-3-2-4-7-18/h2-10,16-17H,11-15H2,1H3,(H,28,31). The number of anilines is 1. The van der Waals surface area contributed by atoms with E-state index < -0.39 is 23.7 Å². The van der Waals surface area contributed by atoms with Gasteiger partial charge in [0.2, 0.25) is 5.91 Å². The molecule has 0 aromatic heterocycles. The summed E-state index contributed by atoms with van der Waals surface area (Å²) in [5.74, 6) is -0.467. The minimum atomic E-state index is -4.60. The second-order valence-electron chi connectivity index (χ2n) is 7.50. The molecule has 0 bridgehead atoms. The molecule has 1 heterocycles. The summed E-state index contributed by atoms with van der Waals surface area (Å²) in [4.78, 5) is 16.9. The van der Waals surface area contributed by atoms with Gasteiger partial charge >= 0.3 is 6.18 Å². The molecule has 1 aliphatic rings. The van der Waals surface area contributed by atoms with Gasteiger partial charge in [-0.2, -0.15) is 13.2 Å². The molecule has 1 saturated heterocycles. The molecule has 1 N–H and O–H groups in total. The van der Waals surface area contributed by atoms with Crippen molar-refractivity contribution >= 4 is 29.3 Å². The van der Waals surface area contributed by atoms with E-state index >= 15 is 0 Å². The number of halogens is 4. The smallest absolute Gasteiger partial charge is 0.324 e. The SMILES string of the molecule is CC(C(=O)Nc1ccc(Cl)cc1C(F)(F)F)N1CCN(CC=Cc2ccccc2)CC1. The lowest BCUT2D eigenvalue weighted by Crippen LogP contribution is -2.52. The maximum Gasteiger partial charge on any atom is 0.418 e. The van der Waals surface area contributed by atoms with Crippen molar-refractivity contribution in [3.63, 3.8) is 0 Å². The Balaban J connectivity index is 1.52. The summed E-state index contributed by atoms with van der Waals surface area (Å²) in [7, 11) is 0. The third kappa shape index (κ3) is 6.56. The molecule has 0 spiro atoms. The van der Waals surface area contributed by atoms with Gasteiger partial charge in [-0.25, -0.2) is 0 Å². The Hall–Kier alpha value is -2.35. The minimum absolute atomic E-state index is 0.0317. The highest BCUT2D eigenvalue weighted by Crippen LogP contribution is 2.36. The molecule has 8 heteroatoms. The zero-order chi connectivity index (χ0) is 22.4. The summed E-state index contributed by atoms with van der Waals surface area (Å²) in [6.45, 7) is 5.42. The Morgan fingerprint density at radius 2 is 1.81 bits per heavy atom. The zero-order valence-corrected chi connectivity index (χ0v) is 18.0. The van der Waals surface area contributed by atoms with Crippen LogP contribution in [0.3, 0.4) is 0 Å². The number of rotatable bonds is 6. The van der Waals surface area contributed by atoms with Gasteiger partial charge in [-0.05, 0) is 30.7 Å². The molecule has 1 unspecified atom stereocenters. The molecule has 1 amide bonds. The van der Waals surface area contributed by atoms with Gasteiger partial charge in [-0.15, -0.1) is 0 Å². The second-order valence-corrected chi connectivity index (χ2v) is 7.94. The predicted molar refractivity (Wildman–Crippen MR) is 118 cm³/mol. The summed E-state index contributed by atoms with van der Waals surface area (Å²) in [6.07, 6.45) is -0.414. The van der Waals surface area contributed by atoms with E-state index in [9.17, 15) is 18.0 Å². The van der Waals surface area contributed by atoms with Crippen LogP contribution in [0.1, 0.15) is 18.1 Å². The van der Waals surface area contributed by atoms with E-state index in [1.165, 1.54) is 12.1 Å². The third-order valence-electron chi connectivity index (χ3n) is 5.35. The number of piperazine rings is 1. The molecular weight excluding hydrogens is 427 g/mol. The second kappa shape index (κ2) is 10.3. The van der Waals surface area contributed by atoms with Gasteiger partial charge in [-0.1, -0.05) is 54.1 Å². The molecule has 0 saturated carbocycles. The van der Waals surface area contributed by atoms with Crippen LogP contribution in [0.25, 0.3) is 6.08 Å². The first-order chi connectivity index (χ1) is 14.7. The number of alkyl halides is 3. The number of nitrogens with zero attached hydrogens (tertiary/aromatic N) is 2. The first kappa shape index (κ1) is 23.3. The summed E-state index contributed by atoms with van der Waals surface area (Å²) in [5.41, 5.74) is -0.0825. The fraction of sp³-hybridized carbons (Fsp3) is 0.348. The van der Waals surface area contributed by atoms with Gasteiger partial charge in [0.15, 0.2) is 0 Å². The van der Waals surface area contributed by atoms with E-state index in [2.05, 4.69) is 22.4 Å². The molecule has 1 aliphatic heterocycles. The summed E-state index contributed by atoms with van der Waals surface area (Å²) in [5, 5.41) is 2.39. The van der Waals surface area contributed by atoms with Crippen LogP contribution in [-0.4, -0.2) is 54.5 Å². The highest BCUT2D eigenvalue weighted by molar-refractivity contribution is 6.30. The molecule has 0 radical (unpaired) electrons. The topological polar surface area (TPSA) is 35.6 Å². The third-order valence-corrected chi connectivity index (χ3v) is 5.59. The molecule has 166 valence electrons. The summed E-state index contributed by atoms with van der Waals surface area (Å²) >= 11 is 5.70. The molecule has 1 fully saturated rings. The molecule has 4 nitrogen and oxygen atoms in total. The van der Waals surface area contributed by atoms with Crippen LogP contribution in [0, 0.1) is 0 Å². The van der Waals surface area contributed by atoms with E-state index in [1.807, 2.05) is 35.2 Å². The van der Waals surface area contributed by atoms with Crippen molar-refractivity contribution in [3.05, 3.63) is 70.8 Å². The maximum absolute atomic E-state index is 13.3. The number of benzene rings is 2. The minimum Gasteiger partial charge on any atom is -0.324 e. The first-order valence-electron chi connectivity index (χ1n) is 10.1. The van der Waals surface area contributed by atoms with Crippen LogP contribution in [0.4, 0.5) is 18.9 Å². The Morgan fingerprint density at radius 3 is 2.45 bits per heavy atom. The van der Waals surface area contributed by atoms with Crippen LogP contribution in [0.5, 0.6) is 0 Å². The molecule has 1 atom stereocenters. The van der Waals surface area contributed by atoms with E-state index in [0.29, 0.717) is 13.1 Å². The molecule has 2 aromatic carbocycles. The first-order valence-corrected chi connectivity index (χ1v) is 10.5. The van der Waals surface area contributed by atoms with Crippen LogP contribution in [0.2, 0.25) is 5.02 Å². The van der Waals surface area contributed by atoms with Crippen molar-refractivity contribution in [1.82, 2.24) is 9.80 Å². The number of hydrogen-bond donors (Lipinski definition) is 1. The predicted octanol–water partition coefficient (Wildman–Crippen LogP) is 5.02. The lowest BCUT2D eigenvalue weighted by Gasteiger charge is -2.37. The van der Waals surface area contributed by atoms with E-state index in [0.717, 1.165) is 31.3 Å². The van der Waals surface area contributed by atoms with Crippen molar-refractivity contribution in [2.75, 3.05) is 38.0 Å². The lowest BCUT2D eigenvalue weighted by atomic mass is 10.1. The average molecular weight is 452 g/mol. The molecular formula is C23H25ClF3N3O. The largest absolute Gasteiger partial charge is 0.418 e. The number of carbonyl (C=O) groups excluding carboxylic acids is 1. The average Bonchev–Trinajstić information content (AvgIpc) is 2.75. The Bertz CT molecular complexity index is 910. The van der Waals surface area contributed by atoms with Gasteiger partial charge in [0.1, 0.15) is 0 Å². The maximum atomic E-state index is 13.3. The van der Waals surface area contributed by atoms with Crippen molar-refractivity contribution in [1.29, 1.82) is 0 Å². The summed E-state index contributed by atoms with van der Waals surface area (Å²) in [6, 6.07) is 12.8. The van der Waals surface area contributed by atoms with Gasteiger partial charge in [0.05, 0.1) is 17.3 Å². The highest BCUT2D eigenvalue weighted by Gasteiger charge is 2.35. The molecule has 0 aliphatic carbocycles. The quantitative estimate of drug-likeness (QED) is 0.670. The monoisotopic (exact) mass is 451 g/mol. The number of carbonyl (C=O) groups is 1. The lowest BCUT2D eigenvalue weighted by molar-refractivity contribution is -0.137. The van der Waals surface area contributed by atoms with E-state index in [1.54, 1.807) is 6.92 Å². The fourth-order valence-electron chi connectivity index (χ4n) is 3.50. The van der Waals surface area contributed by atoms with Gasteiger partial charge in [0, 0.05) is 37.7 Å². The molecule has 31 heavy (non-hydrogen) atoms. The van der Waals surface area contributed by atoms with Gasteiger partial charge < -0.3 is 5.32 Å². The van der Waals surface area contributed by atoms with Gasteiger partial charge in [0.25, 0.3) is 0 Å². The van der Waals surface area contributed by atoms with Crippen molar-refractivity contribution in [2.24, 2.45) is 0 Å². The van der Waals surface area contributed by atoms with Crippen molar-refractivity contribution < 1.29 is 18.0 Å². The van der Waals surface area contributed by atoms with Crippen molar-refractivity contribution in [3.8, 4) is 0 Å². The molecule has 2 aromatic rings. The van der Waals surface area contributed by atoms with Crippen molar-refractivity contribution in [2.45, 2.75) is 19.1 Å². The van der Waals surface area contributed by atoms with Crippen LogP contribution in [0.15, 0.2) is 54.6 Å². The zero-order valence-electron chi connectivity index (χ0n) is 17.2. The highest BCUT2D eigenvalue weighted by atomic mass is 35.5. The van der Waals surface area contributed by atoms with E-state index in [-0.39, 0.29) is 10.7 Å². The Labute approximate surface area is 185 Å². The normalized spacial score (nSPS) is 17.1. The van der Waals surface area contributed by atoms with Gasteiger partial charge in [-0.3, -0.25) is 14.6 Å². The number of amides is 1.